The lowest BCUT2D eigenvalue weighted by Crippen LogP contribution is -2.49. The van der Waals surface area contributed by atoms with Crippen molar-refractivity contribution < 1.29 is 14.0 Å². The molecule has 3 amide bonds. The molecule has 0 bridgehead atoms. The average Bonchev–Trinajstić information content (AvgIpc) is 2.76. The number of aromatic nitrogens is 2. The predicted octanol–water partition coefficient (Wildman–Crippen LogP) is 2.28. The topological polar surface area (TPSA) is 67.2 Å². The number of halogens is 1. The molecule has 0 spiro atoms. The molecule has 0 radical (unpaired) electrons. The quantitative estimate of drug-likeness (QED) is 0.925. The van der Waals surface area contributed by atoms with Crippen molar-refractivity contribution in [1.82, 2.24) is 15.1 Å². The maximum Gasteiger partial charge on any atom is 0.329 e. The third kappa shape index (κ3) is 2.13. The lowest BCUT2D eigenvalue weighted by atomic mass is 10.0. The van der Waals surface area contributed by atoms with Gasteiger partial charge in [0.1, 0.15) is 5.52 Å². The van der Waals surface area contributed by atoms with Gasteiger partial charge in [-0.05, 0) is 17.5 Å². The first kappa shape index (κ1) is 14.5. The van der Waals surface area contributed by atoms with Crippen LogP contribution in [0.15, 0.2) is 12.1 Å². The molecule has 1 aromatic heterocycles. The highest BCUT2D eigenvalue weighted by molar-refractivity contribution is 6.08. The summed E-state index contributed by atoms with van der Waals surface area (Å²) in [5.41, 5.74) is 0.978. The molecule has 0 saturated carbocycles. The van der Waals surface area contributed by atoms with Crippen LogP contribution >= 0.6 is 0 Å². The van der Waals surface area contributed by atoms with Crippen molar-refractivity contribution in [3.8, 4) is 0 Å². The molecule has 3 rings (SSSR count). The Labute approximate surface area is 126 Å². The lowest BCUT2D eigenvalue weighted by Gasteiger charge is -2.24. The predicted molar refractivity (Wildman–Crippen MR) is 80.3 cm³/mol. The van der Waals surface area contributed by atoms with Crippen LogP contribution in [0.1, 0.15) is 31.7 Å². The molecule has 1 aliphatic heterocycles. The first-order valence-corrected chi connectivity index (χ1v) is 7.16. The van der Waals surface area contributed by atoms with E-state index < -0.39 is 6.03 Å². The van der Waals surface area contributed by atoms with Crippen LogP contribution in [0.4, 0.5) is 15.0 Å². The summed E-state index contributed by atoms with van der Waals surface area (Å²) in [6.07, 6.45) is 0.205. The second kappa shape index (κ2) is 5.08. The molecule has 116 valence electrons. The Balaban J connectivity index is 2.15. The van der Waals surface area contributed by atoms with Gasteiger partial charge in [0.05, 0.1) is 0 Å². The van der Waals surface area contributed by atoms with Gasteiger partial charge in [0.25, 0.3) is 0 Å². The van der Waals surface area contributed by atoms with E-state index in [4.69, 9.17) is 0 Å². The minimum Gasteiger partial charge on any atom is -0.278 e. The zero-order valence-electron chi connectivity index (χ0n) is 12.7. The van der Waals surface area contributed by atoms with Crippen LogP contribution in [-0.2, 0) is 11.8 Å². The number of amides is 3. The van der Waals surface area contributed by atoms with Crippen LogP contribution in [0.25, 0.3) is 10.9 Å². The summed E-state index contributed by atoms with van der Waals surface area (Å²) in [5.74, 6) is -0.202. The van der Waals surface area contributed by atoms with Gasteiger partial charge in [-0.25, -0.2) is 9.18 Å². The van der Waals surface area contributed by atoms with Gasteiger partial charge >= 0.3 is 6.03 Å². The highest BCUT2D eigenvalue weighted by atomic mass is 19.1. The van der Waals surface area contributed by atoms with E-state index in [0.29, 0.717) is 22.3 Å². The summed E-state index contributed by atoms with van der Waals surface area (Å²) in [7, 11) is 1.64. The average molecular weight is 304 g/mol. The molecule has 0 unspecified atom stereocenters. The Kier molecular flexibility index (Phi) is 3.35. The summed E-state index contributed by atoms with van der Waals surface area (Å²) in [4.78, 5) is 24.6. The van der Waals surface area contributed by atoms with Crippen LogP contribution in [0.3, 0.4) is 0 Å². The van der Waals surface area contributed by atoms with Crippen molar-refractivity contribution in [3.63, 3.8) is 0 Å². The number of nitrogens with one attached hydrogen (secondary N) is 1. The Morgan fingerprint density at radius 3 is 2.68 bits per heavy atom. The van der Waals surface area contributed by atoms with Crippen molar-refractivity contribution >= 4 is 28.7 Å². The summed E-state index contributed by atoms with van der Waals surface area (Å²) in [6.45, 7) is 4.08. The molecule has 6 nitrogen and oxygen atoms in total. The largest absolute Gasteiger partial charge is 0.329 e. The van der Waals surface area contributed by atoms with Crippen molar-refractivity contribution in [1.29, 1.82) is 0 Å². The Bertz CT molecular complexity index is 781. The maximum absolute atomic E-state index is 14.7. The number of hydrogen-bond donors (Lipinski definition) is 1. The second-order valence-electron chi connectivity index (χ2n) is 5.72. The van der Waals surface area contributed by atoms with Crippen molar-refractivity contribution in [2.24, 2.45) is 7.05 Å². The zero-order chi connectivity index (χ0) is 16.0. The number of urea groups is 1. The van der Waals surface area contributed by atoms with Gasteiger partial charge in [-0.2, -0.15) is 5.10 Å². The van der Waals surface area contributed by atoms with E-state index in [1.807, 2.05) is 13.8 Å². The van der Waals surface area contributed by atoms with E-state index in [1.54, 1.807) is 19.2 Å². The summed E-state index contributed by atoms with van der Waals surface area (Å²) in [5, 5.41) is 7.10. The van der Waals surface area contributed by atoms with E-state index in [9.17, 15) is 14.0 Å². The van der Waals surface area contributed by atoms with Crippen LogP contribution in [0.5, 0.6) is 0 Å². The maximum atomic E-state index is 14.7. The number of benzene rings is 1. The summed E-state index contributed by atoms with van der Waals surface area (Å²) in [6, 6.07) is 2.98. The Morgan fingerprint density at radius 1 is 1.32 bits per heavy atom. The molecule has 1 fully saturated rings. The normalized spacial score (nSPS) is 15.8. The van der Waals surface area contributed by atoms with Crippen molar-refractivity contribution in [2.45, 2.75) is 26.2 Å². The first-order chi connectivity index (χ1) is 10.4. The molecule has 1 N–H and O–H groups in total. The number of imide groups is 1. The Morgan fingerprint density at radius 2 is 2.05 bits per heavy atom. The van der Waals surface area contributed by atoms with E-state index in [2.05, 4.69) is 10.4 Å². The number of hydrogen-bond acceptors (Lipinski definition) is 3. The third-order valence-corrected chi connectivity index (χ3v) is 3.89. The van der Waals surface area contributed by atoms with Gasteiger partial charge in [-0.15, -0.1) is 0 Å². The van der Waals surface area contributed by atoms with Gasteiger partial charge in [0, 0.05) is 25.4 Å². The van der Waals surface area contributed by atoms with E-state index in [1.165, 1.54) is 9.58 Å². The number of fused-ring (bicyclic) bond motifs is 1. The number of carbonyl (C=O) groups excluding carboxylic acids is 2. The lowest BCUT2D eigenvalue weighted by molar-refractivity contribution is -0.120. The fraction of sp³-hybridized carbons (Fsp3) is 0.400. The number of aryl methyl sites for hydroxylation is 1. The molecule has 1 saturated heterocycles. The van der Waals surface area contributed by atoms with Gasteiger partial charge in [-0.3, -0.25) is 19.7 Å². The highest BCUT2D eigenvalue weighted by Crippen LogP contribution is 2.32. The molecule has 2 aromatic rings. The van der Waals surface area contributed by atoms with E-state index in [-0.39, 0.29) is 30.6 Å². The minimum absolute atomic E-state index is 0.0543. The molecule has 22 heavy (non-hydrogen) atoms. The zero-order valence-corrected chi connectivity index (χ0v) is 12.7. The molecule has 2 heterocycles. The van der Waals surface area contributed by atoms with Crippen LogP contribution in [-0.4, -0.2) is 28.3 Å². The summed E-state index contributed by atoms with van der Waals surface area (Å²) >= 11 is 0. The fourth-order valence-corrected chi connectivity index (χ4v) is 2.73. The van der Waals surface area contributed by atoms with Crippen LogP contribution in [0.2, 0.25) is 0 Å². The summed E-state index contributed by atoms with van der Waals surface area (Å²) < 4.78 is 16.1. The number of anilines is 1. The van der Waals surface area contributed by atoms with Crippen molar-refractivity contribution in [2.75, 3.05) is 11.4 Å². The fourth-order valence-electron chi connectivity index (χ4n) is 2.73. The van der Waals surface area contributed by atoms with E-state index in [0.717, 1.165) is 0 Å². The van der Waals surface area contributed by atoms with Gasteiger partial charge < -0.3 is 0 Å². The van der Waals surface area contributed by atoms with Crippen molar-refractivity contribution in [3.05, 3.63) is 23.5 Å². The van der Waals surface area contributed by atoms with Gasteiger partial charge in [-0.1, -0.05) is 19.9 Å². The monoisotopic (exact) mass is 304 g/mol. The molecular formula is C15H17FN4O2. The molecule has 1 aromatic carbocycles. The van der Waals surface area contributed by atoms with Gasteiger partial charge in [0.2, 0.25) is 5.91 Å². The SMILES string of the molecule is CC(C)c1ccc2c(N3CCC(=O)NC3=O)nn(C)c2c1F. The smallest absolute Gasteiger partial charge is 0.278 e. The first-order valence-electron chi connectivity index (χ1n) is 7.16. The molecule has 0 aliphatic carbocycles. The van der Waals surface area contributed by atoms with Crippen LogP contribution in [0, 0.1) is 5.82 Å². The number of nitrogens with zero attached hydrogens (tertiary/aromatic N) is 3. The van der Waals surface area contributed by atoms with Crippen LogP contribution < -0.4 is 10.2 Å². The minimum atomic E-state index is -0.524. The molecular weight excluding hydrogens is 287 g/mol. The van der Waals surface area contributed by atoms with Gasteiger partial charge in [0.15, 0.2) is 11.6 Å². The third-order valence-electron chi connectivity index (χ3n) is 3.89. The second-order valence-corrected chi connectivity index (χ2v) is 5.72. The number of carbonyl (C=O) groups is 2. The number of rotatable bonds is 2. The standard InChI is InChI=1S/C15H17FN4O2/c1-8(2)9-4-5-10-13(12(9)16)19(3)18-14(10)20-7-6-11(21)17-15(20)22/h4-5,8H,6-7H2,1-3H3,(H,17,21,22). The Hall–Kier alpha value is -2.44. The molecule has 1 aliphatic rings. The highest BCUT2D eigenvalue weighted by Gasteiger charge is 2.29. The molecule has 0 atom stereocenters. The molecule has 7 heteroatoms. The van der Waals surface area contributed by atoms with E-state index >= 15 is 0 Å².